The third kappa shape index (κ3) is 7.14. The van der Waals surface area contributed by atoms with Crippen LogP contribution in [0, 0.1) is 13.8 Å². The van der Waals surface area contributed by atoms with Gasteiger partial charge in [0.25, 0.3) is 5.91 Å². The molecule has 0 saturated carbocycles. The molecule has 0 bridgehead atoms. The predicted octanol–water partition coefficient (Wildman–Crippen LogP) is 1.55. The molecule has 150 valence electrons. The lowest BCUT2D eigenvalue weighted by Gasteiger charge is -2.26. The molecule has 0 spiro atoms. The number of nitrogens with one attached hydrogen (secondary N) is 3. The van der Waals surface area contributed by atoms with E-state index in [1.165, 1.54) is 0 Å². The number of aryl methyl sites for hydroxylation is 2. The van der Waals surface area contributed by atoms with E-state index in [4.69, 9.17) is 33.3 Å². The maximum Gasteiger partial charge on any atom is 0.279 e. The number of hydrogen-bond acceptors (Lipinski definition) is 5. The highest BCUT2D eigenvalue weighted by Crippen LogP contribution is 2.27. The van der Waals surface area contributed by atoms with Crippen LogP contribution in [0.25, 0.3) is 0 Å². The van der Waals surface area contributed by atoms with Gasteiger partial charge in [0.2, 0.25) is 0 Å². The molecule has 0 radical (unpaired) electrons. The molecule has 1 fully saturated rings. The summed E-state index contributed by atoms with van der Waals surface area (Å²) < 4.78 is 11.1. The van der Waals surface area contributed by atoms with Crippen molar-refractivity contribution in [3.05, 3.63) is 28.3 Å². The number of carbonyl (C=O) groups excluding carboxylic acids is 1. The van der Waals surface area contributed by atoms with Crippen molar-refractivity contribution in [3.63, 3.8) is 0 Å². The molecule has 9 heteroatoms. The maximum atomic E-state index is 12.2. The van der Waals surface area contributed by atoms with E-state index in [1.807, 2.05) is 13.8 Å². The monoisotopic (exact) mass is 414 g/mol. The van der Waals surface area contributed by atoms with E-state index < -0.39 is 6.10 Å². The van der Waals surface area contributed by atoms with Gasteiger partial charge in [-0.15, -0.1) is 0 Å². The molecule has 1 aliphatic heterocycles. The van der Waals surface area contributed by atoms with Crippen LogP contribution in [0.1, 0.15) is 18.1 Å². The minimum absolute atomic E-state index is 0.318. The number of amides is 1. The molecule has 1 aliphatic rings. The first-order valence-electron chi connectivity index (χ1n) is 8.94. The van der Waals surface area contributed by atoms with Crippen LogP contribution in [0.2, 0.25) is 5.02 Å². The van der Waals surface area contributed by atoms with Gasteiger partial charge in [-0.3, -0.25) is 20.5 Å². The second-order valence-electron chi connectivity index (χ2n) is 6.45. The Bertz CT molecular complexity index is 645. The number of rotatable bonds is 6. The Hall–Kier alpha value is -1.61. The molecule has 3 N–H and O–H groups in total. The summed E-state index contributed by atoms with van der Waals surface area (Å²) in [4.78, 5) is 14.5. The zero-order valence-electron chi connectivity index (χ0n) is 15.9. The SMILES string of the molecule is Cc1cc(Cl)cc(C)c1O[C@@H](C)C(=O)NNC(=S)NCCN1CCOCC1. The van der Waals surface area contributed by atoms with Crippen molar-refractivity contribution in [1.82, 2.24) is 21.1 Å². The zero-order valence-corrected chi connectivity index (χ0v) is 17.5. The Labute approximate surface area is 170 Å². The number of halogens is 1. The van der Waals surface area contributed by atoms with Crippen molar-refractivity contribution in [2.75, 3.05) is 39.4 Å². The second kappa shape index (κ2) is 10.7. The first-order valence-corrected chi connectivity index (χ1v) is 9.72. The van der Waals surface area contributed by atoms with Crippen LogP contribution in [0.4, 0.5) is 0 Å². The van der Waals surface area contributed by atoms with Crippen molar-refractivity contribution in [3.8, 4) is 5.75 Å². The number of carbonyl (C=O) groups is 1. The first kappa shape index (κ1) is 21.7. The molecule has 1 aromatic rings. The summed E-state index contributed by atoms with van der Waals surface area (Å²) in [7, 11) is 0. The maximum absolute atomic E-state index is 12.2. The summed E-state index contributed by atoms with van der Waals surface area (Å²) in [5, 5.41) is 4.07. The Balaban J connectivity index is 1.70. The van der Waals surface area contributed by atoms with E-state index in [1.54, 1.807) is 19.1 Å². The van der Waals surface area contributed by atoms with Gasteiger partial charge in [0, 0.05) is 31.2 Å². The number of morpholine rings is 1. The molecular formula is C18H27ClN4O3S. The second-order valence-corrected chi connectivity index (χ2v) is 7.30. The van der Waals surface area contributed by atoms with Gasteiger partial charge in [-0.2, -0.15) is 0 Å². The highest BCUT2D eigenvalue weighted by molar-refractivity contribution is 7.80. The third-order valence-corrected chi connectivity index (χ3v) is 4.67. The lowest BCUT2D eigenvalue weighted by molar-refractivity contribution is -0.127. The molecule has 7 nitrogen and oxygen atoms in total. The topological polar surface area (TPSA) is 74.9 Å². The van der Waals surface area contributed by atoms with Gasteiger partial charge >= 0.3 is 0 Å². The van der Waals surface area contributed by atoms with Crippen LogP contribution in [-0.2, 0) is 9.53 Å². The van der Waals surface area contributed by atoms with E-state index in [-0.39, 0.29) is 5.91 Å². The minimum Gasteiger partial charge on any atom is -0.480 e. The molecular weight excluding hydrogens is 388 g/mol. The van der Waals surface area contributed by atoms with Gasteiger partial charge in [0.1, 0.15) is 5.75 Å². The molecule has 1 amide bonds. The van der Waals surface area contributed by atoms with Crippen LogP contribution in [0.5, 0.6) is 5.75 Å². The van der Waals surface area contributed by atoms with Crippen LogP contribution < -0.4 is 20.9 Å². The first-order chi connectivity index (χ1) is 12.9. The molecule has 0 aliphatic carbocycles. The van der Waals surface area contributed by atoms with Crippen LogP contribution in [-0.4, -0.2) is 61.4 Å². The molecule has 1 heterocycles. The molecule has 0 unspecified atom stereocenters. The largest absolute Gasteiger partial charge is 0.480 e. The number of ether oxygens (including phenoxy) is 2. The number of hydrazine groups is 1. The summed E-state index contributed by atoms with van der Waals surface area (Å²) in [5.41, 5.74) is 7.03. The molecule has 2 rings (SSSR count). The predicted molar refractivity (Wildman–Crippen MR) is 110 cm³/mol. The average Bonchev–Trinajstić information content (AvgIpc) is 2.63. The average molecular weight is 415 g/mol. The summed E-state index contributed by atoms with van der Waals surface area (Å²) in [5.74, 6) is 0.342. The number of thiocarbonyl (C=S) groups is 1. The van der Waals surface area contributed by atoms with Crippen LogP contribution >= 0.6 is 23.8 Å². The minimum atomic E-state index is -0.688. The lowest BCUT2D eigenvalue weighted by atomic mass is 10.1. The molecule has 27 heavy (non-hydrogen) atoms. The van der Waals surface area contributed by atoms with Gasteiger partial charge in [-0.1, -0.05) is 11.6 Å². The van der Waals surface area contributed by atoms with E-state index in [0.29, 0.717) is 22.4 Å². The smallest absolute Gasteiger partial charge is 0.279 e. The van der Waals surface area contributed by atoms with Crippen LogP contribution in [0.3, 0.4) is 0 Å². The van der Waals surface area contributed by atoms with Gasteiger partial charge in [0.15, 0.2) is 11.2 Å². The number of benzene rings is 1. The summed E-state index contributed by atoms with van der Waals surface area (Å²) in [6.07, 6.45) is -0.688. The normalized spacial score (nSPS) is 15.7. The highest BCUT2D eigenvalue weighted by Gasteiger charge is 2.17. The van der Waals surface area contributed by atoms with E-state index in [9.17, 15) is 4.79 Å². The van der Waals surface area contributed by atoms with Crippen molar-refractivity contribution < 1.29 is 14.3 Å². The quantitative estimate of drug-likeness (QED) is 0.481. The standard InChI is InChI=1S/C18H27ClN4O3S/c1-12-10-15(19)11-13(2)16(12)26-14(3)17(24)21-22-18(27)20-4-5-23-6-8-25-9-7-23/h10-11,14H,4-9H2,1-3H3,(H,21,24)(H2,20,22,27)/t14-/m0/s1. The summed E-state index contributed by atoms with van der Waals surface area (Å²) >= 11 is 11.2. The summed E-state index contributed by atoms with van der Waals surface area (Å²) in [6, 6.07) is 3.61. The fraction of sp³-hybridized carbons (Fsp3) is 0.556. The van der Waals surface area contributed by atoms with Gasteiger partial charge in [0.05, 0.1) is 13.2 Å². The molecule has 1 saturated heterocycles. The lowest BCUT2D eigenvalue weighted by Crippen LogP contribution is -2.51. The van der Waals surface area contributed by atoms with Crippen molar-refractivity contribution in [2.24, 2.45) is 0 Å². The number of hydrogen-bond donors (Lipinski definition) is 3. The number of nitrogens with zero attached hydrogens (tertiary/aromatic N) is 1. The Morgan fingerprint density at radius 3 is 2.56 bits per heavy atom. The molecule has 1 atom stereocenters. The molecule has 1 aromatic carbocycles. The molecule has 0 aromatic heterocycles. The van der Waals surface area contributed by atoms with Gasteiger partial charge in [-0.25, -0.2) is 0 Å². The van der Waals surface area contributed by atoms with Crippen molar-refractivity contribution >= 4 is 34.8 Å². The van der Waals surface area contributed by atoms with Crippen molar-refractivity contribution in [2.45, 2.75) is 26.9 Å². The fourth-order valence-corrected chi connectivity index (χ4v) is 3.21. The van der Waals surface area contributed by atoms with Gasteiger partial charge < -0.3 is 14.8 Å². The third-order valence-electron chi connectivity index (χ3n) is 4.21. The Morgan fingerprint density at radius 1 is 1.30 bits per heavy atom. The van der Waals surface area contributed by atoms with E-state index >= 15 is 0 Å². The van der Waals surface area contributed by atoms with Crippen molar-refractivity contribution in [1.29, 1.82) is 0 Å². The highest BCUT2D eigenvalue weighted by atomic mass is 35.5. The Morgan fingerprint density at radius 2 is 1.93 bits per heavy atom. The Kier molecular flexibility index (Phi) is 8.56. The van der Waals surface area contributed by atoms with Gasteiger partial charge in [-0.05, 0) is 56.2 Å². The van der Waals surface area contributed by atoms with E-state index in [2.05, 4.69) is 21.1 Å². The fourth-order valence-electron chi connectivity index (χ4n) is 2.73. The van der Waals surface area contributed by atoms with E-state index in [0.717, 1.165) is 44.0 Å². The summed E-state index contributed by atoms with van der Waals surface area (Å²) in [6.45, 7) is 10.4. The zero-order chi connectivity index (χ0) is 19.8. The van der Waals surface area contributed by atoms with Crippen LogP contribution in [0.15, 0.2) is 12.1 Å².